The first kappa shape index (κ1) is 67.8. The van der Waals surface area contributed by atoms with Crippen molar-refractivity contribution in [3.8, 4) is 66.8 Å². The quantitative estimate of drug-likeness (QED) is 0.143. The number of fused-ring (bicyclic) bond motifs is 26. The first-order chi connectivity index (χ1) is 57.8. The van der Waals surface area contributed by atoms with E-state index in [1.807, 2.05) is 48.5 Å². The summed E-state index contributed by atoms with van der Waals surface area (Å²) in [6.45, 7) is 14.1. The molecule has 3 aliphatic rings. The van der Waals surface area contributed by atoms with Crippen LogP contribution in [0.5, 0.6) is 0 Å². The Balaban J connectivity index is 0.000000135. The van der Waals surface area contributed by atoms with Crippen LogP contribution in [-0.4, -0.2) is 0 Å². The number of hydrogen-bond donors (Lipinski definition) is 0. The van der Waals surface area contributed by atoms with E-state index in [1.54, 1.807) is 0 Å². The predicted molar refractivity (Wildman–Crippen MR) is 488 cm³/mol. The van der Waals surface area contributed by atoms with Gasteiger partial charge in [0.25, 0.3) is 0 Å². The zero-order valence-electron chi connectivity index (χ0n) is 65.9. The monoisotopic (exact) mass is 1520 g/mol. The Morgan fingerprint density at radius 1 is 0.178 bits per heavy atom. The third-order valence-electron chi connectivity index (χ3n) is 26.2. The number of furan rings is 5. The minimum Gasteiger partial charge on any atom is -0.455 e. The molecule has 0 saturated carbocycles. The summed E-state index contributed by atoms with van der Waals surface area (Å²) in [5, 5.41) is 11.4. The Hall–Kier alpha value is -14.7. The summed E-state index contributed by atoms with van der Waals surface area (Å²) < 4.78 is 32.6. The SMILES string of the molecule is CC1(C)c2cc(N(c3ccc(-c4cccc5c4oc4ccccc45)cc3)c3ccc(-c4cccc5c4oc4ccccc45)cc3)ccc2-c2c1ccc1c2oc2ccccc21.CC1(C)c2ccccc2-c2ccc(N(c3ccc(-c4cccc5c4oc4ccccc45)cc3)c3ccc4c(c3)C(C)(C)c3ccc5c(oc6ccccc65)c3-4)cc21. The lowest BCUT2D eigenvalue weighted by Crippen LogP contribution is -2.18. The normalized spacial score (nSPS) is 13.9. The fourth-order valence-corrected chi connectivity index (χ4v) is 20.3. The number of para-hydroxylation sites is 8. The maximum atomic E-state index is 6.62. The van der Waals surface area contributed by atoms with Gasteiger partial charge in [-0.3, -0.25) is 0 Å². The van der Waals surface area contributed by atoms with E-state index in [4.69, 9.17) is 22.1 Å². The van der Waals surface area contributed by atoms with Gasteiger partial charge in [0, 0.05) is 132 Å². The number of hydrogen-bond acceptors (Lipinski definition) is 7. The Morgan fingerprint density at radius 3 is 0.797 bits per heavy atom. The molecule has 0 spiro atoms. The van der Waals surface area contributed by atoms with Crippen LogP contribution in [0.25, 0.3) is 176 Å². The standard InChI is InChI=1S/C57H37NO3.C54H39NO2/c1-57(2)48-32-31-46-43-13-5-8-20-52(43)61-56(46)53(48)47-30-29-38(33-49(47)57)58(36-25-21-34(22-26-36)39-14-9-16-44-41-11-3-6-18-50(41)59-54(39)44)37-27-23-35(24-28-37)40-15-10-17-45-42-12-4-7-19-51(42)60-55(40)45;1-53(2)44-17-8-5-12-37(44)38-26-24-34(30-46(38)53)55(33-22-20-32(21-23-33)36-15-11-16-41-39-13-6-9-18-48(39)56-51(36)41)35-25-27-43-47(31-35)54(3,4)45-29-28-42-40-14-7-10-19-49(40)57-52(42)50(43)45/h3-33H,1-2H3;5-31H,1-4H3. The number of nitrogens with zero attached hydrogens (tertiary/aromatic N) is 2. The third kappa shape index (κ3) is 9.94. The Bertz CT molecular complexity index is 7810. The van der Waals surface area contributed by atoms with Gasteiger partial charge in [-0.1, -0.05) is 290 Å². The molecule has 0 saturated heterocycles. The molecule has 0 unspecified atom stereocenters. The van der Waals surface area contributed by atoms with Gasteiger partial charge in [-0.05, 0) is 175 Å². The highest BCUT2D eigenvalue weighted by atomic mass is 16.3. The van der Waals surface area contributed by atoms with Crippen molar-refractivity contribution in [3.05, 3.63) is 385 Å². The van der Waals surface area contributed by atoms with E-state index in [9.17, 15) is 0 Å². The Morgan fingerprint density at radius 2 is 0.432 bits per heavy atom. The molecule has 22 aromatic rings. The molecule has 5 aromatic heterocycles. The van der Waals surface area contributed by atoms with Crippen LogP contribution in [0.1, 0.15) is 74.9 Å². The summed E-state index contributed by atoms with van der Waals surface area (Å²) in [7, 11) is 0. The van der Waals surface area contributed by atoms with Gasteiger partial charge < -0.3 is 31.9 Å². The first-order valence-electron chi connectivity index (χ1n) is 40.8. The highest BCUT2D eigenvalue weighted by molar-refractivity contribution is 6.16. The van der Waals surface area contributed by atoms with Crippen molar-refractivity contribution in [1.29, 1.82) is 0 Å². The predicted octanol–water partition coefficient (Wildman–Crippen LogP) is 31.7. The van der Waals surface area contributed by atoms with Crippen LogP contribution in [0.2, 0.25) is 0 Å². The molecule has 560 valence electrons. The van der Waals surface area contributed by atoms with Gasteiger partial charge in [0.05, 0.1) is 0 Å². The van der Waals surface area contributed by atoms with E-state index in [1.165, 1.54) is 72.1 Å². The molecule has 0 amide bonds. The van der Waals surface area contributed by atoms with Gasteiger partial charge in [-0.25, -0.2) is 0 Å². The molecular formula is C111H76N2O5. The summed E-state index contributed by atoms with van der Waals surface area (Å²) >= 11 is 0. The average molecular weight is 1520 g/mol. The molecule has 5 heterocycles. The Labute approximate surface area is 681 Å². The third-order valence-corrected chi connectivity index (χ3v) is 26.2. The lowest BCUT2D eigenvalue weighted by Gasteiger charge is -2.30. The average Bonchev–Trinajstić information content (AvgIpc) is 1.55. The fraction of sp³-hybridized carbons (Fsp3) is 0.0811. The van der Waals surface area contributed by atoms with Gasteiger partial charge in [0.1, 0.15) is 55.8 Å². The van der Waals surface area contributed by atoms with Crippen LogP contribution in [0.4, 0.5) is 34.1 Å². The summed E-state index contributed by atoms with van der Waals surface area (Å²) in [4.78, 5) is 4.80. The Kier molecular flexibility index (Phi) is 14.5. The van der Waals surface area contributed by atoms with Gasteiger partial charge in [-0.2, -0.15) is 0 Å². The van der Waals surface area contributed by atoms with Crippen molar-refractivity contribution in [1.82, 2.24) is 0 Å². The van der Waals surface area contributed by atoms with Crippen molar-refractivity contribution in [2.75, 3.05) is 9.80 Å². The number of rotatable bonds is 9. The molecule has 0 radical (unpaired) electrons. The lowest BCUT2D eigenvalue weighted by molar-refractivity contribution is 0.653. The number of benzene rings is 17. The zero-order chi connectivity index (χ0) is 78.6. The zero-order valence-corrected chi connectivity index (χ0v) is 65.9. The number of anilines is 6. The molecule has 0 bridgehead atoms. The maximum absolute atomic E-state index is 6.62. The van der Waals surface area contributed by atoms with Crippen LogP contribution >= 0.6 is 0 Å². The van der Waals surface area contributed by atoms with Crippen LogP contribution in [0, 0.1) is 0 Å². The summed E-state index contributed by atoms with van der Waals surface area (Å²) in [6, 6.07) is 127. The second kappa shape index (κ2) is 25.2. The second-order valence-electron chi connectivity index (χ2n) is 33.7. The van der Waals surface area contributed by atoms with E-state index in [2.05, 4.69) is 355 Å². The summed E-state index contributed by atoms with van der Waals surface area (Å²) in [5.74, 6) is 0. The minimum absolute atomic E-state index is 0.123. The maximum Gasteiger partial charge on any atom is 0.143 e. The highest BCUT2D eigenvalue weighted by Gasteiger charge is 2.42. The molecule has 118 heavy (non-hydrogen) atoms. The topological polar surface area (TPSA) is 72.2 Å². The molecule has 3 aliphatic carbocycles. The molecule has 25 rings (SSSR count). The van der Waals surface area contributed by atoms with Crippen molar-refractivity contribution < 1.29 is 22.1 Å². The molecule has 0 fully saturated rings. The van der Waals surface area contributed by atoms with Crippen molar-refractivity contribution in [3.63, 3.8) is 0 Å². The molecule has 0 N–H and O–H groups in total. The fourth-order valence-electron chi connectivity index (χ4n) is 20.3. The second-order valence-corrected chi connectivity index (χ2v) is 33.7. The smallest absolute Gasteiger partial charge is 0.143 e. The van der Waals surface area contributed by atoms with Crippen LogP contribution < -0.4 is 9.80 Å². The van der Waals surface area contributed by atoms with E-state index in [-0.39, 0.29) is 16.2 Å². The van der Waals surface area contributed by atoms with Crippen LogP contribution in [0.3, 0.4) is 0 Å². The molecule has 0 aliphatic heterocycles. The minimum atomic E-state index is -0.246. The van der Waals surface area contributed by atoms with Crippen LogP contribution in [0.15, 0.2) is 374 Å². The van der Waals surface area contributed by atoms with E-state index in [0.717, 1.165) is 172 Å². The molecular weight excluding hydrogens is 1440 g/mol. The van der Waals surface area contributed by atoms with Crippen molar-refractivity contribution in [2.45, 2.75) is 57.8 Å². The molecule has 17 aromatic carbocycles. The van der Waals surface area contributed by atoms with Crippen LogP contribution in [-0.2, 0) is 16.2 Å². The molecule has 0 atom stereocenters. The molecule has 7 nitrogen and oxygen atoms in total. The van der Waals surface area contributed by atoms with Gasteiger partial charge >= 0.3 is 0 Å². The van der Waals surface area contributed by atoms with Crippen molar-refractivity contribution in [2.24, 2.45) is 0 Å². The summed E-state index contributed by atoms with van der Waals surface area (Å²) in [5.41, 5.74) is 37.1. The van der Waals surface area contributed by atoms with Gasteiger partial charge in [0.15, 0.2) is 0 Å². The van der Waals surface area contributed by atoms with E-state index in [0.29, 0.717) is 0 Å². The molecule has 7 heteroatoms. The lowest BCUT2D eigenvalue weighted by atomic mass is 9.82. The largest absolute Gasteiger partial charge is 0.455 e. The van der Waals surface area contributed by atoms with Crippen molar-refractivity contribution >= 4 is 144 Å². The van der Waals surface area contributed by atoms with Gasteiger partial charge in [0.2, 0.25) is 0 Å². The van der Waals surface area contributed by atoms with E-state index >= 15 is 0 Å². The van der Waals surface area contributed by atoms with Gasteiger partial charge in [-0.15, -0.1) is 0 Å². The first-order valence-corrected chi connectivity index (χ1v) is 40.8. The highest BCUT2D eigenvalue weighted by Crippen LogP contribution is 2.58. The summed E-state index contributed by atoms with van der Waals surface area (Å²) in [6.07, 6.45) is 0. The van der Waals surface area contributed by atoms with E-state index < -0.39 is 0 Å².